The lowest BCUT2D eigenvalue weighted by atomic mass is 9.98. The number of carbonyl (C=O) groups excluding carboxylic acids is 2. The molecule has 0 fully saturated rings. The van der Waals surface area contributed by atoms with Crippen molar-refractivity contribution in [1.82, 2.24) is 4.57 Å². The van der Waals surface area contributed by atoms with Gasteiger partial charge in [-0.25, -0.2) is 0 Å². The number of carbonyl (C=O) groups is 2. The van der Waals surface area contributed by atoms with Crippen molar-refractivity contribution >= 4 is 17.5 Å². The molecular weight excluding hydrogens is 294 g/mol. The summed E-state index contributed by atoms with van der Waals surface area (Å²) in [6.07, 6.45) is 3.17. The van der Waals surface area contributed by atoms with Crippen molar-refractivity contribution in [3.63, 3.8) is 0 Å². The lowest BCUT2D eigenvalue weighted by Crippen LogP contribution is -2.36. The van der Waals surface area contributed by atoms with E-state index in [2.05, 4.69) is 0 Å². The Kier molecular flexibility index (Phi) is 3.73. The number of anilines is 1. The third-order valence-corrected chi connectivity index (χ3v) is 4.08. The average Bonchev–Trinajstić information content (AvgIpc) is 2.55. The van der Waals surface area contributed by atoms with Crippen molar-refractivity contribution in [2.24, 2.45) is 12.8 Å². The summed E-state index contributed by atoms with van der Waals surface area (Å²) in [5.74, 6) is -0.696. The van der Waals surface area contributed by atoms with E-state index in [9.17, 15) is 14.4 Å². The largest absolute Gasteiger partial charge is 0.366 e. The molecule has 1 aromatic heterocycles. The number of pyridine rings is 1. The molecule has 6 nitrogen and oxygen atoms in total. The topological polar surface area (TPSA) is 85.4 Å². The van der Waals surface area contributed by atoms with E-state index in [-0.39, 0.29) is 11.5 Å². The molecule has 0 bridgehead atoms. The molecule has 2 N–H and O–H groups in total. The highest BCUT2D eigenvalue weighted by Crippen LogP contribution is 2.29. The van der Waals surface area contributed by atoms with Gasteiger partial charge in [0.25, 0.3) is 11.5 Å². The van der Waals surface area contributed by atoms with Crippen molar-refractivity contribution in [3.05, 3.63) is 63.6 Å². The molecular formula is C17H17N3O3. The van der Waals surface area contributed by atoms with E-state index in [1.165, 1.54) is 10.6 Å². The van der Waals surface area contributed by atoms with Gasteiger partial charge in [0, 0.05) is 42.7 Å². The highest BCUT2D eigenvalue weighted by atomic mass is 16.2. The third kappa shape index (κ3) is 2.75. The number of amides is 2. The summed E-state index contributed by atoms with van der Waals surface area (Å²) < 4.78 is 1.42. The van der Waals surface area contributed by atoms with Gasteiger partial charge in [0.1, 0.15) is 0 Å². The van der Waals surface area contributed by atoms with Crippen LogP contribution in [0.5, 0.6) is 0 Å². The molecule has 0 saturated carbocycles. The van der Waals surface area contributed by atoms with Crippen LogP contribution in [0.1, 0.15) is 32.7 Å². The molecule has 0 atom stereocenters. The Hall–Kier alpha value is -2.89. The first kappa shape index (κ1) is 15.0. The molecule has 3 rings (SSSR count). The molecule has 0 aliphatic carbocycles. The second-order valence-electron chi connectivity index (χ2n) is 5.63. The van der Waals surface area contributed by atoms with E-state index in [0.717, 1.165) is 24.1 Å². The van der Waals surface area contributed by atoms with Crippen molar-refractivity contribution in [2.75, 3.05) is 11.4 Å². The van der Waals surface area contributed by atoms with Crippen LogP contribution in [0.4, 0.5) is 5.69 Å². The summed E-state index contributed by atoms with van der Waals surface area (Å²) in [6, 6.07) is 8.08. The monoisotopic (exact) mass is 311 g/mol. The van der Waals surface area contributed by atoms with E-state index in [1.807, 2.05) is 0 Å². The van der Waals surface area contributed by atoms with Gasteiger partial charge in [0.2, 0.25) is 5.91 Å². The van der Waals surface area contributed by atoms with Gasteiger partial charge in [0.05, 0.1) is 0 Å². The number of hydrogen-bond acceptors (Lipinski definition) is 3. The van der Waals surface area contributed by atoms with Crippen LogP contribution in [0.25, 0.3) is 0 Å². The van der Waals surface area contributed by atoms with Crippen molar-refractivity contribution in [1.29, 1.82) is 0 Å². The van der Waals surface area contributed by atoms with Gasteiger partial charge in [-0.3, -0.25) is 14.4 Å². The Balaban J connectivity index is 1.99. The number of rotatable bonds is 2. The van der Waals surface area contributed by atoms with Crippen LogP contribution in [0.2, 0.25) is 0 Å². The lowest BCUT2D eigenvalue weighted by Gasteiger charge is -2.29. The van der Waals surface area contributed by atoms with Crippen LogP contribution in [-0.2, 0) is 13.5 Å². The Morgan fingerprint density at radius 3 is 2.61 bits per heavy atom. The minimum absolute atomic E-state index is 0.213. The zero-order chi connectivity index (χ0) is 16.6. The molecule has 2 amide bonds. The zero-order valence-corrected chi connectivity index (χ0v) is 12.8. The molecule has 23 heavy (non-hydrogen) atoms. The van der Waals surface area contributed by atoms with E-state index in [1.54, 1.807) is 42.4 Å². The fourth-order valence-electron chi connectivity index (χ4n) is 2.80. The summed E-state index contributed by atoms with van der Waals surface area (Å²) >= 11 is 0. The van der Waals surface area contributed by atoms with Crippen LogP contribution in [-0.4, -0.2) is 22.9 Å². The van der Waals surface area contributed by atoms with E-state index >= 15 is 0 Å². The molecule has 1 aromatic carbocycles. The Labute approximate surface area is 133 Å². The van der Waals surface area contributed by atoms with Crippen LogP contribution >= 0.6 is 0 Å². The van der Waals surface area contributed by atoms with Crippen molar-refractivity contribution in [2.45, 2.75) is 12.8 Å². The molecule has 2 aromatic rings. The Bertz CT molecular complexity index is 854. The molecule has 1 aliphatic heterocycles. The standard InChI is InChI=1S/C17H17N3O3/c1-19-8-6-13(10-15(19)21)17(23)20-7-2-3-11-9-12(16(18)22)4-5-14(11)20/h4-6,8-10H,2-3,7H2,1H3,(H2,18,22). The van der Waals surface area contributed by atoms with E-state index in [0.29, 0.717) is 17.7 Å². The van der Waals surface area contributed by atoms with Crippen LogP contribution in [0, 0.1) is 0 Å². The Morgan fingerprint density at radius 1 is 1.13 bits per heavy atom. The number of aromatic nitrogens is 1. The maximum atomic E-state index is 12.7. The van der Waals surface area contributed by atoms with Gasteiger partial charge < -0.3 is 15.2 Å². The molecule has 6 heteroatoms. The summed E-state index contributed by atoms with van der Waals surface area (Å²) in [6.45, 7) is 0.580. The maximum Gasteiger partial charge on any atom is 0.258 e. The van der Waals surface area contributed by atoms with Crippen molar-refractivity contribution < 1.29 is 9.59 Å². The van der Waals surface area contributed by atoms with E-state index in [4.69, 9.17) is 5.73 Å². The number of nitrogens with zero attached hydrogens (tertiary/aromatic N) is 2. The average molecular weight is 311 g/mol. The fourth-order valence-corrected chi connectivity index (χ4v) is 2.80. The second-order valence-corrected chi connectivity index (χ2v) is 5.63. The third-order valence-electron chi connectivity index (χ3n) is 4.08. The molecule has 2 heterocycles. The first-order chi connectivity index (χ1) is 11.0. The van der Waals surface area contributed by atoms with Crippen LogP contribution in [0.15, 0.2) is 41.3 Å². The van der Waals surface area contributed by atoms with Gasteiger partial charge in [-0.05, 0) is 42.7 Å². The van der Waals surface area contributed by atoms with E-state index < -0.39 is 5.91 Å². The second kappa shape index (κ2) is 5.72. The fraction of sp³-hybridized carbons (Fsp3) is 0.235. The Morgan fingerprint density at radius 2 is 1.91 bits per heavy atom. The predicted molar refractivity (Wildman–Crippen MR) is 86.6 cm³/mol. The number of benzene rings is 1. The van der Waals surface area contributed by atoms with Gasteiger partial charge in [-0.1, -0.05) is 0 Å². The SMILES string of the molecule is Cn1ccc(C(=O)N2CCCc3cc(C(N)=O)ccc32)cc1=O. The zero-order valence-electron chi connectivity index (χ0n) is 12.8. The predicted octanol–water partition coefficient (Wildman–Crippen LogP) is 1.08. The number of fused-ring (bicyclic) bond motifs is 1. The van der Waals surface area contributed by atoms with Gasteiger partial charge in [-0.15, -0.1) is 0 Å². The number of aryl methyl sites for hydroxylation is 2. The minimum atomic E-state index is -0.484. The molecule has 0 unspecified atom stereocenters. The van der Waals surface area contributed by atoms with Crippen LogP contribution in [0.3, 0.4) is 0 Å². The quantitative estimate of drug-likeness (QED) is 0.900. The molecule has 0 saturated heterocycles. The molecule has 0 spiro atoms. The normalized spacial score (nSPS) is 13.5. The smallest absolute Gasteiger partial charge is 0.258 e. The minimum Gasteiger partial charge on any atom is -0.366 e. The highest BCUT2D eigenvalue weighted by Gasteiger charge is 2.24. The first-order valence-electron chi connectivity index (χ1n) is 7.38. The van der Waals surface area contributed by atoms with Crippen LogP contribution < -0.4 is 16.2 Å². The number of primary amides is 1. The summed E-state index contributed by atoms with van der Waals surface area (Å²) in [7, 11) is 1.64. The number of hydrogen-bond donors (Lipinski definition) is 1. The van der Waals surface area contributed by atoms with Gasteiger partial charge in [0.15, 0.2) is 0 Å². The molecule has 0 radical (unpaired) electrons. The molecule has 118 valence electrons. The highest BCUT2D eigenvalue weighted by molar-refractivity contribution is 6.07. The first-order valence-corrected chi connectivity index (χ1v) is 7.38. The number of nitrogens with two attached hydrogens (primary N) is 1. The summed E-state index contributed by atoms with van der Waals surface area (Å²) in [5, 5.41) is 0. The van der Waals surface area contributed by atoms with Gasteiger partial charge in [-0.2, -0.15) is 0 Å². The lowest BCUT2D eigenvalue weighted by molar-refractivity contribution is 0.0982. The summed E-state index contributed by atoms with van der Waals surface area (Å²) in [4.78, 5) is 37.4. The van der Waals surface area contributed by atoms with Gasteiger partial charge >= 0.3 is 0 Å². The van der Waals surface area contributed by atoms with Crippen molar-refractivity contribution in [3.8, 4) is 0 Å². The summed E-state index contributed by atoms with van der Waals surface area (Å²) in [5.41, 5.74) is 7.57. The maximum absolute atomic E-state index is 12.7. The molecule has 1 aliphatic rings.